The molecular formula is C18H30N4O4S. The van der Waals surface area contributed by atoms with Crippen molar-refractivity contribution < 1.29 is 17.9 Å². The Hall–Kier alpha value is -1.63. The highest BCUT2D eigenvalue weighted by Gasteiger charge is 2.32. The molecule has 0 saturated carbocycles. The molecule has 0 aromatic rings. The van der Waals surface area contributed by atoms with Crippen molar-refractivity contribution in [1.82, 2.24) is 14.7 Å². The molecule has 1 amide bonds. The zero-order valence-corrected chi connectivity index (χ0v) is 17.2. The van der Waals surface area contributed by atoms with E-state index in [1.165, 1.54) is 6.20 Å². The van der Waals surface area contributed by atoms with Crippen LogP contribution in [0, 0.1) is 11.3 Å². The van der Waals surface area contributed by atoms with Gasteiger partial charge in [-0.2, -0.15) is 5.26 Å². The van der Waals surface area contributed by atoms with E-state index in [9.17, 15) is 18.5 Å². The van der Waals surface area contributed by atoms with E-state index in [2.05, 4.69) is 11.9 Å². The maximum absolute atomic E-state index is 12.9. The maximum atomic E-state index is 12.9. The second-order valence-electron chi connectivity index (χ2n) is 7.39. The third kappa shape index (κ3) is 5.92. The Kier molecular flexibility index (Phi) is 7.65. The minimum atomic E-state index is -3.06. The summed E-state index contributed by atoms with van der Waals surface area (Å²) < 4.78 is 28.8. The van der Waals surface area contributed by atoms with E-state index in [-0.39, 0.29) is 35.1 Å². The molecule has 2 heterocycles. The van der Waals surface area contributed by atoms with Crippen molar-refractivity contribution in [2.75, 3.05) is 59.0 Å². The molecule has 2 fully saturated rings. The lowest BCUT2D eigenvalue weighted by Crippen LogP contribution is -2.45. The highest BCUT2D eigenvalue weighted by molar-refractivity contribution is 7.91. The SMILES string of the molecule is COCCN(/C=C(/C#N)C(=O)N(C)C1CCN(C)CC1)C1CCS(=O)(=O)C1. The number of carbonyl (C=O) groups is 1. The number of hydrogen-bond acceptors (Lipinski definition) is 7. The van der Waals surface area contributed by atoms with E-state index in [0.29, 0.717) is 19.6 Å². The van der Waals surface area contributed by atoms with Gasteiger partial charge in [-0.1, -0.05) is 0 Å². The summed E-state index contributed by atoms with van der Waals surface area (Å²) in [6.45, 7) is 2.68. The summed E-state index contributed by atoms with van der Waals surface area (Å²) in [5, 5.41) is 9.56. The first-order chi connectivity index (χ1) is 12.8. The number of hydrogen-bond donors (Lipinski definition) is 0. The molecule has 0 N–H and O–H groups in total. The number of sulfone groups is 1. The number of piperidine rings is 1. The highest BCUT2D eigenvalue weighted by atomic mass is 32.2. The van der Waals surface area contributed by atoms with Crippen LogP contribution in [0.3, 0.4) is 0 Å². The zero-order chi connectivity index (χ0) is 20.0. The van der Waals surface area contributed by atoms with Gasteiger partial charge in [0.2, 0.25) is 0 Å². The second kappa shape index (κ2) is 9.53. The van der Waals surface area contributed by atoms with Gasteiger partial charge in [0, 0.05) is 39.0 Å². The molecule has 0 aromatic carbocycles. The molecule has 2 aliphatic rings. The largest absolute Gasteiger partial charge is 0.383 e. The van der Waals surface area contributed by atoms with Gasteiger partial charge in [-0.05, 0) is 39.4 Å². The first kappa shape index (κ1) is 21.7. The van der Waals surface area contributed by atoms with E-state index < -0.39 is 9.84 Å². The van der Waals surface area contributed by atoms with Gasteiger partial charge >= 0.3 is 0 Å². The van der Waals surface area contributed by atoms with Gasteiger partial charge < -0.3 is 19.4 Å². The van der Waals surface area contributed by atoms with E-state index in [0.717, 1.165) is 25.9 Å². The summed E-state index contributed by atoms with van der Waals surface area (Å²) in [5.41, 5.74) is 0.0387. The van der Waals surface area contributed by atoms with E-state index in [4.69, 9.17) is 4.74 Å². The molecule has 152 valence electrons. The van der Waals surface area contributed by atoms with Crippen molar-refractivity contribution >= 4 is 15.7 Å². The fraction of sp³-hybridized carbons (Fsp3) is 0.778. The van der Waals surface area contributed by atoms with Gasteiger partial charge in [0.1, 0.15) is 11.6 Å². The summed E-state index contributed by atoms with van der Waals surface area (Å²) in [5.74, 6) is -0.124. The van der Waals surface area contributed by atoms with Gasteiger partial charge in [0.05, 0.1) is 18.1 Å². The molecule has 1 unspecified atom stereocenters. The molecule has 27 heavy (non-hydrogen) atoms. The molecule has 2 aliphatic heterocycles. The number of nitrogens with zero attached hydrogens (tertiary/aromatic N) is 4. The van der Waals surface area contributed by atoms with Crippen LogP contribution in [0.2, 0.25) is 0 Å². The molecule has 0 aliphatic carbocycles. The number of likely N-dealkylation sites (N-methyl/N-ethyl adjacent to an activating group) is 1. The summed E-state index contributed by atoms with van der Waals surface area (Å²) in [7, 11) is 2.30. The predicted molar refractivity (Wildman–Crippen MR) is 103 cm³/mol. The van der Waals surface area contributed by atoms with Crippen LogP contribution in [0.25, 0.3) is 0 Å². The van der Waals surface area contributed by atoms with Gasteiger partial charge in [-0.25, -0.2) is 8.42 Å². The fourth-order valence-electron chi connectivity index (χ4n) is 3.62. The molecule has 2 rings (SSSR count). The Bertz CT molecular complexity index is 693. The second-order valence-corrected chi connectivity index (χ2v) is 9.62. The van der Waals surface area contributed by atoms with Crippen LogP contribution in [0.1, 0.15) is 19.3 Å². The lowest BCUT2D eigenvalue weighted by Gasteiger charge is -2.35. The molecule has 8 nitrogen and oxygen atoms in total. The van der Waals surface area contributed by atoms with E-state index in [1.54, 1.807) is 24.0 Å². The number of carbonyl (C=O) groups excluding carboxylic acids is 1. The summed E-state index contributed by atoms with van der Waals surface area (Å²) in [4.78, 5) is 18.5. The summed E-state index contributed by atoms with van der Waals surface area (Å²) in [6.07, 6.45) is 3.79. The van der Waals surface area contributed by atoms with Crippen molar-refractivity contribution in [3.05, 3.63) is 11.8 Å². The van der Waals surface area contributed by atoms with Gasteiger partial charge in [-0.3, -0.25) is 4.79 Å². The van der Waals surface area contributed by atoms with Gasteiger partial charge in [0.25, 0.3) is 5.91 Å². The maximum Gasteiger partial charge on any atom is 0.265 e. The quantitative estimate of drug-likeness (QED) is 0.443. The van der Waals surface area contributed by atoms with Crippen molar-refractivity contribution in [2.45, 2.75) is 31.3 Å². The van der Waals surface area contributed by atoms with Crippen molar-refractivity contribution in [3.63, 3.8) is 0 Å². The molecule has 9 heteroatoms. The Labute approximate surface area is 162 Å². The molecule has 1 atom stereocenters. The number of ether oxygens (including phenoxy) is 1. The minimum absolute atomic E-state index is 0.0387. The van der Waals surface area contributed by atoms with Crippen LogP contribution in [-0.4, -0.2) is 100 Å². The normalized spacial score (nSPS) is 23.8. The Morgan fingerprint density at radius 1 is 1.30 bits per heavy atom. The van der Waals surface area contributed by atoms with Gasteiger partial charge in [0.15, 0.2) is 9.84 Å². The minimum Gasteiger partial charge on any atom is -0.383 e. The molecule has 2 saturated heterocycles. The smallest absolute Gasteiger partial charge is 0.265 e. The monoisotopic (exact) mass is 398 g/mol. The third-order valence-electron chi connectivity index (χ3n) is 5.43. The molecule has 0 bridgehead atoms. The lowest BCUT2D eigenvalue weighted by molar-refractivity contribution is -0.128. The van der Waals surface area contributed by atoms with Crippen molar-refractivity contribution in [2.24, 2.45) is 0 Å². The zero-order valence-electron chi connectivity index (χ0n) is 16.4. The standard InChI is InChI=1S/C18H30N4O4S/c1-20-7-4-16(5-8-20)21(2)18(23)15(12-19)13-22(9-10-26-3)17-6-11-27(24,25)14-17/h13,16-17H,4-11,14H2,1-3H3/b15-13-. The lowest BCUT2D eigenvalue weighted by atomic mass is 10.0. The van der Waals surface area contributed by atoms with Crippen molar-refractivity contribution in [3.8, 4) is 6.07 Å². The fourth-order valence-corrected chi connectivity index (χ4v) is 5.36. The highest BCUT2D eigenvalue weighted by Crippen LogP contribution is 2.20. The van der Waals surface area contributed by atoms with E-state index >= 15 is 0 Å². The van der Waals surface area contributed by atoms with E-state index in [1.807, 2.05) is 6.07 Å². The number of methoxy groups -OCH3 is 1. The van der Waals surface area contributed by atoms with Crippen LogP contribution < -0.4 is 0 Å². The van der Waals surface area contributed by atoms with Crippen LogP contribution in [-0.2, 0) is 19.4 Å². The molecule has 0 aromatic heterocycles. The number of rotatable bonds is 7. The van der Waals surface area contributed by atoms with Crippen LogP contribution >= 0.6 is 0 Å². The Balaban J connectivity index is 2.14. The number of amides is 1. The van der Waals surface area contributed by atoms with Crippen LogP contribution in [0.15, 0.2) is 11.8 Å². The van der Waals surface area contributed by atoms with Gasteiger partial charge in [-0.15, -0.1) is 0 Å². The third-order valence-corrected chi connectivity index (χ3v) is 7.18. The van der Waals surface area contributed by atoms with Crippen molar-refractivity contribution in [1.29, 1.82) is 5.26 Å². The molecular weight excluding hydrogens is 368 g/mol. The summed E-state index contributed by atoms with van der Waals surface area (Å²) >= 11 is 0. The Morgan fingerprint density at radius 3 is 2.48 bits per heavy atom. The average Bonchev–Trinajstić information content (AvgIpc) is 3.01. The van der Waals surface area contributed by atoms with Crippen LogP contribution in [0.5, 0.6) is 0 Å². The summed E-state index contributed by atoms with van der Waals surface area (Å²) in [6, 6.07) is 1.90. The Morgan fingerprint density at radius 2 is 1.96 bits per heavy atom. The average molecular weight is 399 g/mol. The van der Waals surface area contributed by atoms with Crippen LogP contribution in [0.4, 0.5) is 0 Å². The topological polar surface area (TPSA) is 93.9 Å². The first-order valence-electron chi connectivity index (χ1n) is 9.30. The predicted octanol–water partition coefficient (Wildman–Crippen LogP) is 0.0820. The molecule has 0 radical (unpaired) electrons. The molecule has 0 spiro atoms. The number of likely N-dealkylation sites (tertiary alicyclic amines) is 1. The first-order valence-corrected chi connectivity index (χ1v) is 11.1. The number of nitriles is 1.